The predicted molar refractivity (Wildman–Crippen MR) is 191 cm³/mol. The first-order valence-corrected chi connectivity index (χ1v) is 18.6. The lowest BCUT2D eigenvalue weighted by Gasteiger charge is -2.15. The zero-order valence-electron chi connectivity index (χ0n) is 28.5. The van der Waals surface area contributed by atoms with Crippen molar-refractivity contribution in [2.45, 2.75) is 44.8 Å². The summed E-state index contributed by atoms with van der Waals surface area (Å²) in [4.78, 5) is 35.9. The van der Waals surface area contributed by atoms with Crippen molar-refractivity contribution in [1.82, 2.24) is 0 Å². The minimum Gasteiger partial charge on any atom is -0.490 e. The lowest BCUT2D eigenvalue weighted by atomic mass is 9.97. The zero-order chi connectivity index (χ0) is 35.5. The maximum Gasteiger partial charge on any atom is 0.306 e. The molecule has 2 N–H and O–H groups in total. The van der Waals surface area contributed by atoms with Crippen LogP contribution in [0.1, 0.15) is 49.5 Å². The van der Waals surface area contributed by atoms with E-state index in [2.05, 4.69) is 0 Å². The van der Waals surface area contributed by atoms with E-state index in [4.69, 9.17) is 28.4 Å². The number of ketones is 1. The Bertz CT molecular complexity index is 1340. The van der Waals surface area contributed by atoms with Crippen LogP contribution in [0.5, 0.6) is 11.5 Å². The quantitative estimate of drug-likeness (QED) is 0.0793. The first-order valence-electron chi connectivity index (χ1n) is 16.3. The van der Waals surface area contributed by atoms with Gasteiger partial charge in [-0.2, -0.15) is 23.5 Å². The highest BCUT2D eigenvalue weighted by atomic mass is 32.2. The summed E-state index contributed by atoms with van der Waals surface area (Å²) in [5.74, 6) is 3.13. The summed E-state index contributed by atoms with van der Waals surface area (Å²) < 4.78 is 32.7. The van der Waals surface area contributed by atoms with Crippen molar-refractivity contribution in [2.75, 3.05) is 75.9 Å². The maximum absolute atomic E-state index is 12.1. The highest BCUT2D eigenvalue weighted by Gasteiger charge is 2.37. The van der Waals surface area contributed by atoms with Gasteiger partial charge in [0, 0.05) is 28.6 Å². The molecular weight excluding hydrogens is 673 g/mol. The fourth-order valence-corrected chi connectivity index (χ4v) is 5.76. The van der Waals surface area contributed by atoms with Crippen LogP contribution in [0.2, 0.25) is 0 Å². The highest BCUT2D eigenvalue weighted by Crippen LogP contribution is 2.42. The Balaban J connectivity index is 1.03. The van der Waals surface area contributed by atoms with Gasteiger partial charge in [0.15, 0.2) is 5.78 Å². The van der Waals surface area contributed by atoms with Crippen molar-refractivity contribution < 1.29 is 53.0 Å². The van der Waals surface area contributed by atoms with Crippen LogP contribution < -0.4 is 9.47 Å². The molecule has 2 aromatic rings. The number of hydrogen-bond donors (Lipinski definition) is 2. The van der Waals surface area contributed by atoms with E-state index in [1.165, 1.54) is 13.8 Å². The second-order valence-electron chi connectivity index (χ2n) is 11.7. The maximum atomic E-state index is 12.1. The van der Waals surface area contributed by atoms with E-state index >= 15 is 0 Å². The summed E-state index contributed by atoms with van der Waals surface area (Å²) in [6, 6.07) is 13.9. The van der Waals surface area contributed by atoms with Gasteiger partial charge in [0.1, 0.15) is 49.1 Å². The molecule has 13 heteroatoms. The second kappa shape index (κ2) is 21.2. The van der Waals surface area contributed by atoms with E-state index in [9.17, 15) is 24.6 Å². The molecule has 270 valence electrons. The van der Waals surface area contributed by atoms with E-state index in [0.29, 0.717) is 67.8 Å². The number of benzene rings is 2. The van der Waals surface area contributed by atoms with E-state index in [1.54, 1.807) is 60.8 Å². The van der Waals surface area contributed by atoms with Gasteiger partial charge in [0.05, 0.1) is 39.3 Å². The standard InChI is InChI=1S/C36H48O11S2/c1-35(2,40)34(39)28-6-10-30(11-7-28)45-17-19-47-33(38)13-23-49-25-21-43-15-14-42-20-24-48-22-12-32(37)46-18-16-44-29-8-4-27(5-9-29)31-26-36(31,3)41/h4-11,26,40-41H,12-25H2,1-3H3. The molecule has 0 saturated heterocycles. The lowest BCUT2D eigenvalue weighted by molar-refractivity contribution is -0.144. The lowest BCUT2D eigenvalue weighted by Crippen LogP contribution is -2.30. The van der Waals surface area contributed by atoms with Crippen molar-refractivity contribution in [3.8, 4) is 11.5 Å². The third-order valence-corrected chi connectivity index (χ3v) is 8.87. The molecule has 1 aliphatic carbocycles. The van der Waals surface area contributed by atoms with E-state index < -0.39 is 11.2 Å². The zero-order valence-corrected chi connectivity index (χ0v) is 30.1. The fraction of sp³-hybridized carbons (Fsp3) is 0.528. The van der Waals surface area contributed by atoms with Crippen LogP contribution in [0, 0.1) is 0 Å². The van der Waals surface area contributed by atoms with Crippen LogP contribution in [0.25, 0.3) is 5.57 Å². The Hall–Kier alpha value is -3.07. The number of aliphatic hydroxyl groups is 2. The first-order chi connectivity index (χ1) is 23.5. The number of ether oxygens (including phenoxy) is 6. The number of carbonyl (C=O) groups is 3. The number of hydrogen-bond acceptors (Lipinski definition) is 13. The summed E-state index contributed by atoms with van der Waals surface area (Å²) in [6.45, 7) is 7.54. The monoisotopic (exact) mass is 720 g/mol. The van der Waals surface area contributed by atoms with Crippen molar-refractivity contribution >= 4 is 46.8 Å². The summed E-state index contributed by atoms with van der Waals surface area (Å²) in [5, 5.41) is 19.7. The van der Waals surface area contributed by atoms with Crippen molar-refractivity contribution in [2.24, 2.45) is 0 Å². The number of Topliss-reactive ketones (excluding diaryl/α,β-unsaturated/α-hetero) is 1. The molecule has 0 fully saturated rings. The molecule has 0 spiro atoms. The molecule has 0 saturated carbocycles. The van der Waals surface area contributed by atoms with Crippen molar-refractivity contribution in [3.63, 3.8) is 0 Å². The highest BCUT2D eigenvalue weighted by molar-refractivity contribution is 7.99. The molecule has 0 amide bonds. The van der Waals surface area contributed by atoms with Crippen LogP contribution in [0.4, 0.5) is 0 Å². The SMILES string of the molecule is CC(C)(O)C(=O)c1ccc(OCCOC(=O)CCSCCOCCOCCSCCC(=O)OCCOc2ccc(C3=CC3(C)O)cc2)cc1. The van der Waals surface area contributed by atoms with Crippen molar-refractivity contribution in [1.29, 1.82) is 0 Å². The number of esters is 2. The van der Waals surface area contributed by atoms with Gasteiger partial charge in [-0.15, -0.1) is 0 Å². The minimum absolute atomic E-state index is 0.126. The van der Waals surface area contributed by atoms with E-state index in [0.717, 1.165) is 22.6 Å². The van der Waals surface area contributed by atoms with Gasteiger partial charge in [-0.05, 0) is 74.4 Å². The molecule has 2 aromatic carbocycles. The van der Waals surface area contributed by atoms with Crippen LogP contribution >= 0.6 is 23.5 Å². The van der Waals surface area contributed by atoms with Crippen LogP contribution in [0.3, 0.4) is 0 Å². The summed E-state index contributed by atoms with van der Waals surface area (Å²) in [7, 11) is 0. The van der Waals surface area contributed by atoms with Gasteiger partial charge < -0.3 is 38.6 Å². The van der Waals surface area contributed by atoms with Gasteiger partial charge in [0.2, 0.25) is 0 Å². The normalized spacial score (nSPS) is 15.3. The van der Waals surface area contributed by atoms with Crippen LogP contribution in [0.15, 0.2) is 54.6 Å². The average Bonchev–Trinajstić information content (AvgIpc) is 3.72. The molecule has 11 nitrogen and oxygen atoms in total. The molecule has 0 radical (unpaired) electrons. The van der Waals surface area contributed by atoms with Gasteiger partial charge in [-0.25, -0.2) is 0 Å². The van der Waals surface area contributed by atoms with E-state index in [1.807, 2.05) is 24.3 Å². The fourth-order valence-electron chi connectivity index (χ4n) is 4.25. The van der Waals surface area contributed by atoms with Gasteiger partial charge in [0.25, 0.3) is 0 Å². The topological polar surface area (TPSA) is 147 Å². The third-order valence-electron chi connectivity index (χ3n) is 6.97. The minimum atomic E-state index is -1.44. The molecule has 3 rings (SSSR count). The predicted octanol–water partition coefficient (Wildman–Crippen LogP) is 4.61. The van der Waals surface area contributed by atoms with Crippen LogP contribution in [-0.4, -0.2) is 115 Å². The van der Waals surface area contributed by atoms with Crippen LogP contribution in [-0.2, 0) is 28.5 Å². The van der Waals surface area contributed by atoms with Gasteiger partial charge in [-0.1, -0.05) is 12.1 Å². The molecule has 0 aromatic heterocycles. The Labute approximate surface area is 297 Å². The largest absolute Gasteiger partial charge is 0.490 e. The third kappa shape index (κ3) is 16.5. The van der Waals surface area contributed by atoms with Gasteiger partial charge >= 0.3 is 11.9 Å². The first kappa shape index (κ1) is 40.4. The Morgan fingerprint density at radius 2 is 1.12 bits per heavy atom. The van der Waals surface area contributed by atoms with Crippen molar-refractivity contribution in [3.05, 3.63) is 65.7 Å². The number of thioether (sulfide) groups is 2. The molecule has 0 heterocycles. The second-order valence-corrected chi connectivity index (χ2v) is 14.2. The molecule has 1 atom stereocenters. The Kier molecular flexibility index (Phi) is 17.5. The Morgan fingerprint density at radius 1 is 0.673 bits per heavy atom. The van der Waals surface area contributed by atoms with E-state index in [-0.39, 0.29) is 44.1 Å². The molecular formula is C36H48O11S2. The smallest absolute Gasteiger partial charge is 0.306 e. The molecule has 49 heavy (non-hydrogen) atoms. The summed E-state index contributed by atoms with van der Waals surface area (Å²) in [5.41, 5.74) is 0.0358. The molecule has 1 aliphatic rings. The average molecular weight is 721 g/mol. The Morgan fingerprint density at radius 3 is 1.55 bits per heavy atom. The molecule has 0 bridgehead atoms. The summed E-state index contributed by atoms with van der Waals surface area (Å²) >= 11 is 3.24. The molecule has 0 aliphatic heterocycles. The summed E-state index contributed by atoms with van der Waals surface area (Å²) in [6.07, 6.45) is 2.43. The number of carbonyl (C=O) groups excluding carboxylic acids is 3. The van der Waals surface area contributed by atoms with Gasteiger partial charge in [-0.3, -0.25) is 14.4 Å². The number of rotatable bonds is 26. The molecule has 1 unspecified atom stereocenters.